The van der Waals surface area contributed by atoms with E-state index in [2.05, 4.69) is 0 Å². The first-order valence-electron chi connectivity index (χ1n) is 5.42. The van der Waals surface area contributed by atoms with Crippen LogP contribution in [0, 0.1) is 0 Å². The van der Waals surface area contributed by atoms with Gasteiger partial charge in [0.05, 0.1) is 12.2 Å². The molecule has 0 amide bonds. The average Bonchev–Trinajstić information content (AvgIpc) is 2.24. The molecule has 0 atom stereocenters. The Hall–Kier alpha value is -1.33. The van der Waals surface area contributed by atoms with E-state index in [4.69, 9.17) is 19.0 Å². The molecule has 0 saturated carbocycles. The van der Waals surface area contributed by atoms with Crippen LogP contribution in [0.2, 0.25) is 0 Å². The van der Waals surface area contributed by atoms with Crippen LogP contribution in [-0.4, -0.2) is 23.9 Å². The fourth-order valence-corrected chi connectivity index (χ4v) is 1.13. The molecule has 0 aromatic carbocycles. The van der Waals surface area contributed by atoms with E-state index in [1.165, 1.54) is 12.3 Å². The van der Waals surface area contributed by atoms with Gasteiger partial charge in [-0.25, -0.2) is 0 Å². The summed E-state index contributed by atoms with van der Waals surface area (Å²) in [6, 6.07) is 1.21. The molecule has 0 saturated heterocycles. The molecule has 1 rings (SSSR count). The predicted octanol–water partition coefficient (Wildman–Crippen LogP) is 1.33. The minimum absolute atomic E-state index is 0.125. The van der Waals surface area contributed by atoms with E-state index >= 15 is 0 Å². The number of aliphatic hydroxyl groups is 1. The third kappa shape index (κ3) is 5.01. The summed E-state index contributed by atoms with van der Waals surface area (Å²) in [7, 11) is 0. The Kier molecular flexibility index (Phi) is 4.72. The second kappa shape index (κ2) is 5.84. The number of aliphatic hydroxyl groups excluding tert-OH is 1. The zero-order chi connectivity index (χ0) is 12.9. The molecule has 0 fully saturated rings. The zero-order valence-corrected chi connectivity index (χ0v) is 10.4. The standard InChI is InChI=1S/C12H18O5/c1-12(2,3)17-5-4-15-11-8-16-9(7-13)6-10(11)14/h6,8,13H,4-5,7H2,1-3H3. The third-order valence-corrected chi connectivity index (χ3v) is 1.88. The van der Waals surface area contributed by atoms with Crippen LogP contribution in [0.3, 0.4) is 0 Å². The molecule has 1 N–H and O–H groups in total. The van der Waals surface area contributed by atoms with Crippen molar-refractivity contribution in [1.82, 2.24) is 0 Å². The summed E-state index contributed by atoms with van der Waals surface area (Å²) in [5.74, 6) is 0.341. The summed E-state index contributed by atoms with van der Waals surface area (Å²) in [5.41, 5.74) is -0.537. The molecule has 0 spiro atoms. The van der Waals surface area contributed by atoms with Gasteiger partial charge in [0.15, 0.2) is 0 Å². The van der Waals surface area contributed by atoms with Gasteiger partial charge in [0, 0.05) is 6.07 Å². The molecule has 0 aliphatic rings. The van der Waals surface area contributed by atoms with E-state index in [1.54, 1.807) is 0 Å². The van der Waals surface area contributed by atoms with Crippen LogP contribution in [0.4, 0.5) is 0 Å². The largest absolute Gasteiger partial charge is 0.484 e. The minimum Gasteiger partial charge on any atom is -0.484 e. The summed E-state index contributed by atoms with van der Waals surface area (Å²) in [6.45, 7) is 6.19. The van der Waals surface area contributed by atoms with Crippen molar-refractivity contribution >= 4 is 0 Å². The molecule has 17 heavy (non-hydrogen) atoms. The van der Waals surface area contributed by atoms with Crippen LogP contribution in [0.1, 0.15) is 26.5 Å². The molecule has 5 heteroatoms. The summed E-state index contributed by atoms with van der Waals surface area (Å²) in [5, 5.41) is 8.76. The van der Waals surface area contributed by atoms with Crippen LogP contribution in [-0.2, 0) is 11.3 Å². The molecular weight excluding hydrogens is 224 g/mol. The summed E-state index contributed by atoms with van der Waals surface area (Å²) < 4.78 is 15.6. The highest BCUT2D eigenvalue weighted by atomic mass is 16.5. The lowest BCUT2D eigenvalue weighted by molar-refractivity contribution is -0.0166. The highest BCUT2D eigenvalue weighted by molar-refractivity contribution is 5.17. The Morgan fingerprint density at radius 1 is 1.35 bits per heavy atom. The topological polar surface area (TPSA) is 68.9 Å². The van der Waals surface area contributed by atoms with E-state index in [9.17, 15) is 4.79 Å². The molecule has 96 valence electrons. The maximum atomic E-state index is 11.5. The van der Waals surface area contributed by atoms with Crippen molar-refractivity contribution in [3.8, 4) is 5.75 Å². The van der Waals surface area contributed by atoms with Crippen molar-refractivity contribution in [2.45, 2.75) is 33.0 Å². The minimum atomic E-state index is -0.309. The van der Waals surface area contributed by atoms with Crippen molar-refractivity contribution in [2.24, 2.45) is 0 Å². The maximum Gasteiger partial charge on any atom is 0.227 e. The number of hydrogen-bond acceptors (Lipinski definition) is 5. The monoisotopic (exact) mass is 242 g/mol. The highest BCUT2D eigenvalue weighted by Gasteiger charge is 2.10. The zero-order valence-electron chi connectivity index (χ0n) is 10.4. The van der Waals surface area contributed by atoms with Crippen LogP contribution in [0.25, 0.3) is 0 Å². The Morgan fingerprint density at radius 3 is 2.59 bits per heavy atom. The highest BCUT2D eigenvalue weighted by Crippen LogP contribution is 2.08. The van der Waals surface area contributed by atoms with E-state index in [1.807, 2.05) is 20.8 Å². The summed E-state index contributed by atoms with van der Waals surface area (Å²) in [4.78, 5) is 11.5. The van der Waals surface area contributed by atoms with Gasteiger partial charge < -0.3 is 19.0 Å². The molecule has 1 aromatic rings. The van der Waals surface area contributed by atoms with Gasteiger partial charge in [-0.15, -0.1) is 0 Å². The molecule has 0 radical (unpaired) electrons. The van der Waals surface area contributed by atoms with Crippen LogP contribution in [0.15, 0.2) is 21.5 Å². The molecule has 0 bridgehead atoms. The van der Waals surface area contributed by atoms with Gasteiger partial charge in [0.25, 0.3) is 0 Å². The second-order valence-corrected chi connectivity index (χ2v) is 4.54. The fraction of sp³-hybridized carbons (Fsp3) is 0.583. The predicted molar refractivity (Wildman–Crippen MR) is 62.1 cm³/mol. The smallest absolute Gasteiger partial charge is 0.227 e. The third-order valence-electron chi connectivity index (χ3n) is 1.88. The average molecular weight is 242 g/mol. The Labute approximate surface area is 100.0 Å². The van der Waals surface area contributed by atoms with Gasteiger partial charge in [-0.05, 0) is 20.8 Å². The number of hydrogen-bond donors (Lipinski definition) is 1. The first-order chi connectivity index (χ1) is 7.92. The Bertz CT molecular complexity index is 402. The van der Waals surface area contributed by atoms with Crippen molar-refractivity contribution in [2.75, 3.05) is 13.2 Å². The van der Waals surface area contributed by atoms with Crippen molar-refractivity contribution in [1.29, 1.82) is 0 Å². The van der Waals surface area contributed by atoms with Gasteiger partial charge in [-0.1, -0.05) is 0 Å². The van der Waals surface area contributed by atoms with Gasteiger partial charge >= 0.3 is 0 Å². The van der Waals surface area contributed by atoms with Crippen LogP contribution >= 0.6 is 0 Å². The molecule has 0 aliphatic heterocycles. The Balaban J connectivity index is 2.45. The molecule has 1 heterocycles. The quantitative estimate of drug-likeness (QED) is 0.789. The van der Waals surface area contributed by atoms with Crippen LogP contribution < -0.4 is 10.2 Å². The lowest BCUT2D eigenvalue weighted by Crippen LogP contribution is -2.23. The normalized spacial score (nSPS) is 11.5. The van der Waals surface area contributed by atoms with Crippen molar-refractivity contribution in [3.63, 3.8) is 0 Å². The number of ether oxygens (including phenoxy) is 2. The number of rotatable bonds is 5. The van der Waals surface area contributed by atoms with Crippen LogP contribution in [0.5, 0.6) is 5.75 Å². The lowest BCUT2D eigenvalue weighted by Gasteiger charge is -2.19. The Morgan fingerprint density at radius 2 is 2.06 bits per heavy atom. The van der Waals surface area contributed by atoms with Gasteiger partial charge in [-0.2, -0.15) is 0 Å². The molecule has 1 aromatic heterocycles. The van der Waals surface area contributed by atoms with Crippen molar-refractivity contribution in [3.05, 3.63) is 28.3 Å². The van der Waals surface area contributed by atoms with E-state index < -0.39 is 0 Å². The fourth-order valence-electron chi connectivity index (χ4n) is 1.13. The van der Waals surface area contributed by atoms with Gasteiger partial charge in [0.2, 0.25) is 11.2 Å². The van der Waals surface area contributed by atoms with Gasteiger partial charge in [0.1, 0.15) is 25.2 Å². The molecule has 0 aliphatic carbocycles. The maximum absolute atomic E-state index is 11.5. The van der Waals surface area contributed by atoms with Gasteiger partial charge in [-0.3, -0.25) is 4.79 Å². The first kappa shape index (κ1) is 13.7. The molecule has 0 unspecified atom stereocenters. The summed E-state index contributed by atoms with van der Waals surface area (Å²) in [6.07, 6.45) is 1.20. The second-order valence-electron chi connectivity index (χ2n) is 4.54. The summed E-state index contributed by atoms with van der Waals surface area (Å²) >= 11 is 0. The van der Waals surface area contributed by atoms with E-state index in [-0.39, 0.29) is 35.8 Å². The van der Waals surface area contributed by atoms with Crippen molar-refractivity contribution < 1.29 is 19.0 Å². The molecular formula is C12H18O5. The first-order valence-corrected chi connectivity index (χ1v) is 5.42. The SMILES string of the molecule is CC(C)(C)OCCOc1coc(CO)cc1=O. The molecule has 5 nitrogen and oxygen atoms in total. The van der Waals surface area contributed by atoms with E-state index in [0.717, 1.165) is 0 Å². The van der Waals surface area contributed by atoms with E-state index in [0.29, 0.717) is 6.61 Å². The lowest BCUT2D eigenvalue weighted by atomic mass is 10.2.